The first kappa shape index (κ1) is 19.0. The number of benzene rings is 2. The highest BCUT2D eigenvalue weighted by atomic mass is 35.5. The Morgan fingerprint density at radius 3 is 2.28 bits per heavy atom. The van der Waals surface area contributed by atoms with Crippen molar-refractivity contribution in [3.63, 3.8) is 0 Å². The van der Waals surface area contributed by atoms with Crippen molar-refractivity contribution in [1.29, 1.82) is 0 Å². The lowest BCUT2D eigenvalue weighted by Gasteiger charge is -2.23. The molecule has 0 aliphatic carbocycles. The van der Waals surface area contributed by atoms with Crippen LogP contribution in [0.1, 0.15) is 30.5 Å². The maximum atomic E-state index is 12.6. The molecule has 0 aliphatic rings. The SMILES string of the molecule is Cc1cccc(NC(=O)C(C)(C)C(=O)NCc2ccc(Cl)cc2)c1C. The van der Waals surface area contributed by atoms with E-state index < -0.39 is 5.41 Å². The van der Waals surface area contributed by atoms with Gasteiger partial charge in [0, 0.05) is 17.3 Å². The molecule has 0 saturated carbocycles. The summed E-state index contributed by atoms with van der Waals surface area (Å²) >= 11 is 5.85. The molecule has 0 radical (unpaired) electrons. The molecule has 132 valence electrons. The number of carbonyl (C=O) groups is 2. The van der Waals surface area contributed by atoms with Crippen molar-refractivity contribution in [2.24, 2.45) is 5.41 Å². The Balaban J connectivity index is 2.03. The third-order valence-corrected chi connectivity index (χ3v) is 4.61. The fourth-order valence-electron chi connectivity index (χ4n) is 2.27. The normalized spacial score (nSPS) is 11.1. The minimum absolute atomic E-state index is 0.328. The number of halogens is 1. The van der Waals surface area contributed by atoms with Gasteiger partial charge in [-0.05, 0) is 62.6 Å². The van der Waals surface area contributed by atoms with Gasteiger partial charge in [0.15, 0.2) is 0 Å². The maximum absolute atomic E-state index is 12.6. The van der Waals surface area contributed by atoms with Crippen LogP contribution in [0.5, 0.6) is 0 Å². The number of carbonyl (C=O) groups excluding carboxylic acids is 2. The van der Waals surface area contributed by atoms with E-state index in [1.54, 1.807) is 26.0 Å². The average Bonchev–Trinajstić information content (AvgIpc) is 2.58. The van der Waals surface area contributed by atoms with Crippen molar-refractivity contribution < 1.29 is 9.59 Å². The van der Waals surface area contributed by atoms with Crippen LogP contribution in [0.2, 0.25) is 5.02 Å². The Morgan fingerprint density at radius 1 is 1.00 bits per heavy atom. The van der Waals surface area contributed by atoms with E-state index in [0.717, 1.165) is 22.4 Å². The van der Waals surface area contributed by atoms with Gasteiger partial charge in [0.1, 0.15) is 5.41 Å². The molecule has 0 spiro atoms. The molecule has 2 amide bonds. The van der Waals surface area contributed by atoms with Crippen LogP contribution in [0.3, 0.4) is 0 Å². The summed E-state index contributed by atoms with van der Waals surface area (Å²) in [5.74, 6) is -0.667. The highest BCUT2D eigenvalue weighted by molar-refractivity contribution is 6.30. The largest absolute Gasteiger partial charge is 0.351 e. The van der Waals surface area contributed by atoms with Crippen molar-refractivity contribution in [3.8, 4) is 0 Å². The molecule has 25 heavy (non-hydrogen) atoms. The van der Waals surface area contributed by atoms with Crippen LogP contribution < -0.4 is 10.6 Å². The number of anilines is 1. The van der Waals surface area contributed by atoms with E-state index in [4.69, 9.17) is 11.6 Å². The number of hydrogen-bond acceptors (Lipinski definition) is 2. The summed E-state index contributed by atoms with van der Waals surface area (Å²) < 4.78 is 0. The van der Waals surface area contributed by atoms with Gasteiger partial charge < -0.3 is 10.6 Å². The van der Waals surface area contributed by atoms with Crippen LogP contribution in [0.15, 0.2) is 42.5 Å². The maximum Gasteiger partial charge on any atom is 0.239 e. The van der Waals surface area contributed by atoms with Gasteiger partial charge >= 0.3 is 0 Å². The Morgan fingerprint density at radius 2 is 1.64 bits per heavy atom. The predicted molar refractivity (Wildman–Crippen MR) is 102 cm³/mol. The van der Waals surface area contributed by atoms with Gasteiger partial charge in [-0.1, -0.05) is 35.9 Å². The topological polar surface area (TPSA) is 58.2 Å². The van der Waals surface area contributed by atoms with Gasteiger partial charge in [0.05, 0.1) is 0 Å². The summed E-state index contributed by atoms with van der Waals surface area (Å²) in [6.45, 7) is 7.50. The third-order valence-electron chi connectivity index (χ3n) is 4.35. The smallest absolute Gasteiger partial charge is 0.239 e. The summed E-state index contributed by atoms with van der Waals surface area (Å²) in [7, 11) is 0. The van der Waals surface area contributed by atoms with E-state index in [2.05, 4.69) is 10.6 Å². The first-order valence-electron chi connectivity index (χ1n) is 8.12. The van der Waals surface area contributed by atoms with Crippen LogP contribution in [-0.4, -0.2) is 11.8 Å². The van der Waals surface area contributed by atoms with Gasteiger partial charge in [-0.3, -0.25) is 9.59 Å². The van der Waals surface area contributed by atoms with Gasteiger partial charge in [-0.15, -0.1) is 0 Å². The molecule has 2 aromatic carbocycles. The Hall–Kier alpha value is -2.33. The molecular formula is C20H23ClN2O2. The molecule has 2 N–H and O–H groups in total. The van der Waals surface area contributed by atoms with Gasteiger partial charge in [0.25, 0.3) is 0 Å². The predicted octanol–water partition coefficient (Wildman–Crippen LogP) is 4.24. The van der Waals surface area contributed by atoms with Crippen molar-refractivity contribution in [2.75, 3.05) is 5.32 Å². The summed E-state index contributed by atoms with van der Waals surface area (Å²) in [6.07, 6.45) is 0. The van der Waals surface area contributed by atoms with Gasteiger partial charge in [0.2, 0.25) is 11.8 Å². The zero-order valence-corrected chi connectivity index (χ0v) is 15.7. The fourth-order valence-corrected chi connectivity index (χ4v) is 2.40. The lowest BCUT2D eigenvalue weighted by Crippen LogP contribution is -2.45. The molecule has 0 heterocycles. The molecule has 0 saturated heterocycles. The molecule has 0 aliphatic heterocycles. The molecule has 2 rings (SSSR count). The summed E-state index contributed by atoms with van der Waals surface area (Å²) in [4.78, 5) is 25.1. The Bertz CT molecular complexity index is 783. The van der Waals surface area contributed by atoms with E-state index in [1.165, 1.54) is 0 Å². The van der Waals surface area contributed by atoms with E-state index in [1.807, 2.05) is 44.2 Å². The zero-order valence-electron chi connectivity index (χ0n) is 14.9. The molecule has 5 heteroatoms. The number of amides is 2. The lowest BCUT2D eigenvalue weighted by molar-refractivity contribution is -0.138. The second kappa shape index (κ2) is 7.70. The van der Waals surface area contributed by atoms with Crippen LogP contribution in [0, 0.1) is 19.3 Å². The van der Waals surface area contributed by atoms with E-state index in [-0.39, 0.29) is 11.8 Å². The first-order chi connectivity index (χ1) is 11.7. The standard InChI is InChI=1S/C20H23ClN2O2/c1-13-6-5-7-17(14(13)2)23-19(25)20(3,4)18(24)22-12-15-8-10-16(21)11-9-15/h5-11H,12H2,1-4H3,(H,22,24)(H,23,25). The number of hydrogen-bond donors (Lipinski definition) is 2. The van der Waals surface area contributed by atoms with Crippen molar-refractivity contribution in [3.05, 3.63) is 64.2 Å². The molecule has 2 aromatic rings. The number of nitrogens with one attached hydrogen (secondary N) is 2. The summed E-state index contributed by atoms with van der Waals surface area (Å²) in [5.41, 5.74) is 2.53. The second-order valence-corrected chi connectivity index (χ2v) is 7.07. The second-order valence-electron chi connectivity index (χ2n) is 6.64. The van der Waals surface area contributed by atoms with Crippen LogP contribution in [0.25, 0.3) is 0 Å². The van der Waals surface area contributed by atoms with Crippen LogP contribution in [-0.2, 0) is 16.1 Å². The minimum atomic E-state index is -1.19. The molecule has 0 aromatic heterocycles. The van der Waals surface area contributed by atoms with E-state index >= 15 is 0 Å². The number of rotatable bonds is 5. The van der Waals surface area contributed by atoms with E-state index in [9.17, 15) is 9.59 Å². The zero-order chi connectivity index (χ0) is 18.6. The lowest BCUT2D eigenvalue weighted by atomic mass is 9.90. The van der Waals surface area contributed by atoms with Crippen LogP contribution >= 0.6 is 11.6 Å². The third kappa shape index (κ3) is 4.60. The summed E-state index contributed by atoms with van der Waals surface area (Å²) in [5, 5.41) is 6.31. The summed E-state index contributed by atoms with van der Waals surface area (Å²) in [6, 6.07) is 12.9. The van der Waals surface area contributed by atoms with Crippen LogP contribution in [0.4, 0.5) is 5.69 Å². The van der Waals surface area contributed by atoms with Gasteiger partial charge in [-0.2, -0.15) is 0 Å². The molecule has 0 fully saturated rings. The molecule has 4 nitrogen and oxygen atoms in total. The molecule has 0 unspecified atom stereocenters. The van der Waals surface area contributed by atoms with E-state index in [0.29, 0.717) is 11.6 Å². The number of aryl methyl sites for hydroxylation is 1. The molecule has 0 atom stereocenters. The Labute approximate surface area is 153 Å². The van der Waals surface area contributed by atoms with Crippen molar-refractivity contribution in [2.45, 2.75) is 34.2 Å². The highest BCUT2D eigenvalue weighted by Gasteiger charge is 2.36. The molecular weight excluding hydrogens is 336 g/mol. The first-order valence-corrected chi connectivity index (χ1v) is 8.50. The quantitative estimate of drug-likeness (QED) is 0.785. The Kier molecular flexibility index (Phi) is 5.85. The van der Waals surface area contributed by atoms with Crippen molar-refractivity contribution in [1.82, 2.24) is 5.32 Å². The monoisotopic (exact) mass is 358 g/mol. The fraction of sp³-hybridized carbons (Fsp3) is 0.300. The average molecular weight is 359 g/mol. The minimum Gasteiger partial charge on any atom is -0.351 e. The van der Waals surface area contributed by atoms with Gasteiger partial charge in [-0.25, -0.2) is 0 Å². The molecule has 0 bridgehead atoms. The van der Waals surface area contributed by atoms with Crippen molar-refractivity contribution >= 4 is 29.1 Å². The highest BCUT2D eigenvalue weighted by Crippen LogP contribution is 2.23.